The van der Waals surface area contributed by atoms with E-state index in [2.05, 4.69) is 18.4 Å². The van der Waals surface area contributed by atoms with Crippen molar-refractivity contribution in [3.05, 3.63) is 56.7 Å². The number of hydrogen-bond acceptors (Lipinski definition) is 3. The van der Waals surface area contributed by atoms with Crippen molar-refractivity contribution < 1.29 is 9.59 Å². The van der Waals surface area contributed by atoms with E-state index in [0.717, 1.165) is 24.8 Å². The highest BCUT2D eigenvalue weighted by Gasteiger charge is 2.35. The van der Waals surface area contributed by atoms with Crippen LogP contribution in [0.15, 0.2) is 35.7 Å². The summed E-state index contributed by atoms with van der Waals surface area (Å²) in [6.07, 6.45) is 2.73. The number of unbranched alkanes of at least 4 members (excludes halogenated alkanes) is 1. The first kappa shape index (κ1) is 22.8. The molecule has 1 aromatic carbocycles. The minimum atomic E-state index is -0.508. The van der Waals surface area contributed by atoms with Crippen LogP contribution < -0.4 is 0 Å². The van der Waals surface area contributed by atoms with E-state index in [9.17, 15) is 9.59 Å². The van der Waals surface area contributed by atoms with Crippen molar-refractivity contribution in [1.29, 1.82) is 0 Å². The molecule has 0 saturated carbocycles. The Morgan fingerprint density at radius 3 is 2.53 bits per heavy atom. The summed E-state index contributed by atoms with van der Waals surface area (Å²) in [5.41, 5.74) is 1.73. The Labute approximate surface area is 188 Å². The van der Waals surface area contributed by atoms with Crippen LogP contribution in [0.1, 0.15) is 62.6 Å². The van der Waals surface area contributed by atoms with Gasteiger partial charge >= 0.3 is 0 Å². The number of carbonyl (C=O) groups excluding carboxylic acids is 2. The quantitative estimate of drug-likeness (QED) is 0.583. The van der Waals surface area contributed by atoms with Gasteiger partial charge in [-0.3, -0.25) is 9.59 Å². The molecule has 3 rings (SSSR count). The smallest absolute Gasteiger partial charge is 0.242 e. The number of halogens is 1. The van der Waals surface area contributed by atoms with Crippen LogP contribution in [0.5, 0.6) is 0 Å². The molecule has 1 aliphatic heterocycles. The van der Waals surface area contributed by atoms with E-state index in [4.69, 9.17) is 11.6 Å². The second-order valence-electron chi connectivity index (χ2n) is 8.92. The predicted molar refractivity (Wildman–Crippen MR) is 124 cm³/mol. The van der Waals surface area contributed by atoms with Gasteiger partial charge in [0, 0.05) is 28.4 Å². The standard InChI is InChI=1S/C24H31ClN2O2S/c1-5-6-13-26(23(29)24(2,3)4)16-21(28)27-14-11-20-19(12-15-30-20)22(27)17-7-9-18(25)10-8-17/h7-10,12,15,22H,5-6,11,13-14,16H2,1-4H3. The lowest BCUT2D eigenvalue weighted by Gasteiger charge is -2.38. The number of thiophene rings is 1. The van der Waals surface area contributed by atoms with Crippen molar-refractivity contribution in [2.75, 3.05) is 19.6 Å². The highest BCUT2D eigenvalue weighted by Crippen LogP contribution is 2.38. The number of benzene rings is 1. The zero-order valence-corrected chi connectivity index (χ0v) is 19.9. The fourth-order valence-corrected chi connectivity index (χ4v) is 4.95. The number of nitrogens with zero attached hydrogens (tertiary/aromatic N) is 2. The van der Waals surface area contributed by atoms with Crippen molar-refractivity contribution >= 4 is 34.8 Å². The third-order valence-electron chi connectivity index (χ3n) is 5.51. The molecule has 0 spiro atoms. The minimum absolute atomic E-state index is 0.000466. The molecule has 0 radical (unpaired) electrons. The predicted octanol–water partition coefficient (Wildman–Crippen LogP) is 5.55. The fraction of sp³-hybridized carbons (Fsp3) is 0.500. The van der Waals surface area contributed by atoms with Gasteiger partial charge in [-0.25, -0.2) is 0 Å². The van der Waals surface area contributed by atoms with Crippen LogP contribution in [0.3, 0.4) is 0 Å². The van der Waals surface area contributed by atoms with Gasteiger partial charge in [0.05, 0.1) is 12.6 Å². The van der Waals surface area contributed by atoms with E-state index in [1.54, 1.807) is 16.2 Å². The first-order chi connectivity index (χ1) is 14.2. The van der Waals surface area contributed by atoms with Crippen molar-refractivity contribution in [3.63, 3.8) is 0 Å². The zero-order chi connectivity index (χ0) is 21.9. The first-order valence-electron chi connectivity index (χ1n) is 10.6. The molecule has 1 aromatic heterocycles. The Hall–Kier alpha value is -1.85. The Balaban J connectivity index is 1.88. The monoisotopic (exact) mass is 446 g/mol. The summed E-state index contributed by atoms with van der Waals surface area (Å²) < 4.78 is 0. The van der Waals surface area contributed by atoms with Gasteiger partial charge in [0.25, 0.3) is 0 Å². The Bertz CT molecular complexity index is 885. The van der Waals surface area contributed by atoms with Crippen LogP contribution in [0.2, 0.25) is 5.02 Å². The molecule has 1 unspecified atom stereocenters. The van der Waals surface area contributed by atoms with E-state index in [1.807, 2.05) is 49.9 Å². The second kappa shape index (κ2) is 9.52. The van der Waals surface area contributed by atoms with E-state index in [1.165, 1.54) is 10.4 Å². The van der Waals surface area contributed by atoms with Gasteiger partial charge in [0.2, 0.25) is 11.8 Å². The molecule has 2 aromatic rings. The topological polar surface area (TPSA) is 40.6 Å². The summed E-state index contributed by atoms with van der Waals surface area (Å²) >= 11 is 7.85. The highest BCUT2D eigenvalue weighted by atomic mass is 35.5. The summed E-state index contributed by atoms with van der Waals surface area (Å²) in [4.78, 5) is 31.5. The Morgan fingerprint density at radius 1 is 1.20 bits per heavy atom. The molecule has 162 valence electrons. The highest BCUT2D eigenvalue weighted by molar-refractivity contribution is 7.10. The maximum absolute atomic E-state index is 13.5. The average Bonchev–Trinajstić information content (AvgIpc) is 3.18. The lowest BCUT2D eigenvalue weighted by atomic mass is 9.92. The fourth-order valence-electron chi connectivity index (χ4n) is 3.92. The summed E-state index contributed by atoms with van der Waals surface area (Å²) in [7, 11) is 0. The molecule has 0 aliphatic carbocycles. The lowest BCUT2D eigenvalue weighted by Crippen LogP contribution is -2.49. The third-order valence-corrected chi connectivity index (χ3v) is 6.76. The van der Waals surface area contributed by atoms with Crippen molar-refractivity contribution in [1.82, 2.24) is 9.80 Å². The molecular formula is C24H31ClN2O2S. The van der Waals surface area contributed by atoms with Crippen molar-refractivity contribution in [2.45, 2.75) is 53.0 Å². The van der Waals surface area contributed by atoms with Crippen LogP contribution in [0.4, 0.5) is 0 Å². The van der Waals surface area contributed by atoms with E-state index >= 15 is 0 Å². The van der Waals surface area contributed by atoms with Gasteiger partial charge in [0.1, 0.15) is 0 Å². The van der Waals surface area contributed by atoms with Gasteiger partial charge in [-0.2, -0.15) is 0 Å². The van der Waals surface area contributed by atoms with Crippen LogP contribution in [0, 0.1) is 5.41 Å². The lowest BCUT2D eigenvalue weighted by molar-refractivity contribution is -0.146. The van der Waals surface area contributed by atoms with Gasteiger partial charge in [-0.15, -0.1) is 11.3 Å². The molecule has 4 nitrogen and oxygen atoms in total. The van der Waals surface area contributed by atoms with Crippen molar-refractivity contribution in [2.24, 2.45) is 5.41 Å². The number of fused-ring (bicyclic) bond motifs is 1. The average molecular weight is 447 g/mol. The molecule has 1 atom stereocenters. The number of amides is 2. The molecule has 0 N–H and O–H groups in total. The Morgan fingerprint density at radius 2 is 1.90 bits per heavy atom. The third kappa shape index (κ3) is 5.06. The van der Waals surface area contributed by atoms with Crippen LogP contribution >= 0.6 is 22.9 Å². The number of carbonyl (C=O) groups is 2. The molecule has 0 fully saturated rings. The summed E-state index contributed by atoms with van der Waals surface area (Å²) in [5.74, 6) is 0.0288. The van der Waals surface area contributed by atoms with Crippen molar-refractivity contribution in [3.8, 4) is 0 Å². The summed E-state index contributed by atoms with van der Waals surface area (Å²) in [5, 5.41) is 2.78. The molecular weight excluding hydrogens is 416 g/mol. The van der Waals surface area contributed by atoms with E-state index in [0.29, 0.717) is 18.1 Å². The summed E-state index contributed by atoms with van der Waals surface area (Å²) in [6, 6.07) is 9.72. The van der Waals surface area contributed by atoms with Gasteiger partial charge in [0.15, 0.2) is 0 Å². The zero-order valence-electron chi connectivity index (χ0n) is 18.3. The van der Waals surface area contributed by atoms with Crippen LogP contribution in [-0.2, 0) is 16.0 Å². The van der Waals surface area contributed by atoms with E-state index < -0.39 is 5.41 Å². The molecule has 1 aliphatic rings. The minimum Gasteiger partial charge on any atom is -0.333 e. The summed E-state index contributed by atoms with van der Waals surface area (Å²) in [6.45, 7) is 9.22. The molecule has 30 heavy (non-hydrogen) atoms. The molecule has 2 heterocycles. The molecule has 2 amide bonds. The Kier molecular flexibility index (Phi) is 7.25. The van der Waals surface area contributed by atoms with Crippen LogP contribution in [-0.4, -0.2) is 41.2 Å². The SMILES string of the molecule is CCCCN(CC(=O)N1CCc2sccc2C1c1ccc(Cl)cc1)C(=O)C(C)(C)C. The maximum Gasteiger partial charge on any atom is 0.242 e. The van der Waals surface area contributed by atoms with Crippen LogP contribution in [0.25, 0.3) is 0 Å². The van der Waals surface area contributed by atoms with Gasteiger partial charge in [-0.1, -0.05) is 57.8 Å². The second-order valence-corrected chi connectivity index (χ2v) is 10.4. The maximum atomic E-state index is 13.5. The van der Waals surface area contributed by atoms with Gasteiger partial charge in [-0.05, 0) is 47.5 Å². The van der Waals surface area contributed by atoms with Gasteiger partial charge < -0.3 is 9.80 Å². The molecule has 6 heteroatoms. The first-order valence-corrected chi connectivity index (χ1v) is 11.9. The largest absolute Gasteiger partial charge is 0.333 e. The van der Waals surface area contributed by atoms with E-state index in [-0.39, 0.29) is 24.4 Å². The molecule has 0 bridgehead atoms. The normalized spacial score (nSPS) is 16.3. The number of rotatable bonds is 6. The molecule has 0 saturated heterocycles. The number of hydrogen-bond donors (Lipinski definition) is 0.